The molecule has 106 valence electrons. The monoisotopic (exact) mass is 334 g/mol. The molecule has 0 bridgehead atoms. The van der Waals surface area contributed by atoms with Crippen molar-refractivity contribution in [2.75, 3.05) is 7.11 Å². The van der Waals surface area contributed by atoms with Gasteiger partial charge in [0, 0.05) is 10.9 Å². The fourth-order valence-corrected chi connectivity index (χ4v) is 2.77. The van der Waals surface area contributed by atoms with Crippen LogP contribution in [0.4, 0.5) is 0 Å². The second-order valence-corrected chi connectivity index (χ2v) is 5.95. The highest BCUT2D eigenvalue weighted by atomic mass is 79.9. The number of rotatable bonds is 4. The zero-order chi connectivity index (χ0) is 14.7. The number of methoxy groups -OCH3 is 1. The molecule has 2 rings (SSSR count). The summed E-state index contributed by atoms with van der Waals surface area (Å²) in [6.07, 6.45) is 0.0396. The molecule has 0 aliphatic carbocycles. The van der Waals surface area contributed by atoms with Crippen molar-refractivity contribution in [2.45, 2.75) is 26.4 Å². The molecule has 0 heterocycles. The zero-order valence-corrected chi connectivity index (χ0v) is 13.6. The fourth-order valence-electron chi connectivity index (χ4n) is 2.36. The Kier molecular flexibility index (Phi) is 4.84. The molecule has 3 heteroatoms. The summed E-state index contributed by atoms with van der Waals surface area (Å²) in [5.41, 5.74) is 4.33. The van der Waals surface area contributed by atoms with E-state index in [9.17, 15) is 5.11 Å². The zero-order valence-electron chi connectivity index (χ0n) is 12.0. The third-order valence-electron chi connectivity index (χ3n) is 3.29. The summed E-state index contributed by atoms with van der Waals surface area (Å²) in [6.45, 7) is 4.09. The lowest BCUT2D eigenvalue weighted by Crippen LogP contribution is -2.03. The molecule has 0 aliphatic rings. The molecule has 1 unspecified atom stereocenters. The van der Waals surface area contributed by atoms with Crippen molar-refractivity contribution in [1.29, 1.82) is 0 Å². The Labute approximate surface area is 128 Å². The van der Waals surface area contributed by atoms with Crippen LogP contribution in [0.25, 0.3) is 0 Å². The number of ether oxygens (including phenoxy) is 1. The molecule has 0 aromatic heterocycles. The molecule has 0 amide bonds. The summed E-state index contributed by atoms with van der Waals surface area (Å²) >= 11 is 3.52. The summed E-state index contributed by atoms with van der Waals surface area (Å²) in [7, 11) is 1.65. The summed E-state index contributed by atoms with van der Waals surface area (Å²) < 4.78 is 6.22. The van der Waals surface area contributed by atoms with Crippen molar-refractivity contribution >= 4 is 15.9 Å². The molecule has 20 heavy (non-hydrogen) atoms. The molecular formula is C17H19BrO2. The second kappa shape index (κ2) is 6.42. The first-order valence-corrected chi connectivity index (χ1v) is 7.37. The van der Waals surface area contributed by atoms with Gasteiger partial charge in [0.15, 0.2) is 0 Å². The number of hydrogen-bond donors (Lipinski definition) is 1. The number of aliphatic hydroxyl groups excluding tert-OH is 1. The van der Waals surface area contributed by atoms with Gasteiger partial charge in [-0.1, -0.05) is 45.3 Å². The molecule has 0 saturated heterocycles. The van der Waals surface area contributed by atoms with Crippen molar-refractivity contribution in [3.63, 3.8) is 0 Å². The van der Waals surface area contributed by atoms with E-state index in [1.165, 1.54) is 11.1 Å². The highest BCUT2D eigenvalue weighted by Gasteiger charge is 2.12. The first-order chi connectivity index (χ1) is 9.49. The van der Waals surface area contributed by atoms with Gasteiger partial charge in [-0.25, -0.2) is 0 Å². The van der Waals surface area contributed by atoms with E-state index in [0.29, 0.717) is 6.42 Å². The van der Waals surface area contributed by atoms with Crippen molar-refractivity contribution in [3.05, 3.63) is 63.1 Å². The van der Waals surface area contributed by atoms with Gasteiger partial charge in [-0.05, 0) is 43.2 Å². The van der Waals surface area contributed by atoms with Gasteiger partial charge in [0.25, 0.3) is 0 Å². The number of benzene rings is 2. The van der Waals surface area contributed by atoms with Gasteiger partial charge in [-0.3, -0.25) is 0 Å². The summed E-state index contributed by atoms with van der Waals surface area (Å²) in [5, 5.41) is 10.4. The van der Waals surface area contributed by atoms with Crippen LogP contribution in [-0.4, -0.2) is 12.2 Å². The molecule has 2 nitrogen and oxygen atoms in total. The predicted molar refractivity (Wildman–Crippen MR) is 85.3 cm³/mol. The van der Waals surface area contributed by atoms with E-state index in [1.54, 1.807) is 7.11 Å². The van der Waals surface area contributed by atoms with E-state index in [0.717, 1.165) is 21.3 Å². The van der Waals surface area contributed by atoms with Crippen molar-refractivity contribution in [1.82, 2.24) is 0 Å². The third kappa shape index (κ3) is 3.62. The van der Waals surface area contributed by atoms with E-state index in [-0.39, 0.29) is 0 Å². The first kappa shape index (κ1) is 15.1. The van der Waals surface area contributed by atoms with Crippen LogP contribution in [0.1, 0.15) is 28.4 Å². The molecule has 2 aromatic carbocycles. The lowest BCUT2D eigenvalue weighted by Gasteiger charge is -2.14. The molecule has 2 aromatic rings. The largest absolute Gasteiger partial charge is 0.497 e. The number of aryl methyl sites for hydroxylation is 2. The average molecular weight is 335 g/mol. The standard InChI is InChI=1S/C17H19BrO2/c1-11-6-12(2)8-14(7-11)17(19)10-13-9-15(20-3)4-5-16(13)18/h4-9,17,19H,10H2,1-3H3. The Morgan fingerprint density at radius 1 is 1.10 bits per heavy atom. The third-order valence-corrected chi connectivity index (χ3v) is 4.07. The topological polar surface area (TPSA) is 29.5 Å². The number of halogens is 1. The minimum absolute atomic E-state index is 0.517. The van der Waals surface area contributed by atoms with E-state index in [4.69, 9.17) is 4.74 Å². The molecule has 1 atom stereocenters. The Morgan fingerprint density at radius 3 is 2.35 bits per heavy atom. The summed E-state index contributed by atoms with van der Waals surface area (Å²) in [4.78, 5) is 0. The quantitative estimate of drug-likeness (QED) is 0.900. The van der Waals surface area contributed by atoms with Crippen LogP contribution >= 0.6 is 15.9 Å². The molecule has 0 fully saturated rings. The maximum Gasteiger partial charge on any atom is 0.119 e. The minimum atomic E-state index is -0.517. The Balaban J connectivity index is 2.24. The molecular weight excluding hydrogens is 316 g/mol. The second-order valence-electron chi connectivity index (χ2n) is 5.10. The van der Waals surface area contributed by atoms with Gasteiger partial charge >= 0.3 is 0 Å². The number of aliphatic hydroxyl groups is 1. The minimum Gasteiger partial charge on any atom is -0.497 e. The predicted octanol–water partition coefficient (Wildman–Crippen LogP) is 4.35. The maximum absolute atomic E-state index is 10.4. The average Bonchev–Trinajstić information content (AvgIpc) is 2.40. The van der Waals surface area contributed by atoms with E-state index in [1.807, 2.05) is 44.2 Å². The van der Waals surface area contributed by atoms with Crippen molar-refractivity contribution < 1.29 is 9.84 Å². The van der Waals surface area contributed by atoms with Crippen LogP contribution < -0.4 is 4.74 Å². The van der Waals surface area contributed by atoms with Crippen LogP contribution in [0.2, 0.25) is 0 Å². The van der Waals surface area contributed by atoms with E-state index < -0.39 is 6.10 Å². The maximum atomic E-state index is 10.4. The molecule has 0 aliphatic heterocycles. The number of hydrogen-bond acceptors (Lipinski definition) is 2. The Hall–Kier alpha value is -1.32. The van der Waals surface area contributed by atoms with Crippen molar-refractivity contribution in [3.8, 4) is 5.75 Å². The van der Waals surface area contributed by atoms with Gasteiger partial charge in [0.2, 0.25) is 0 Å². The lowest BCUT2D eigenvalue weighted by atomic mass is 9.98. The lowest BCUT2D eigenvalue weighted by molar-refractivity contribution is 0.178. The van der Waals surface area contributed by atoms with Gasteiger partial charge in [0.1, 0.15) is 5.75 Å². The van der Waals surface area contributed by atoms with Crippen molar-refractivity contribution in [2.24, 2.45) is 0 Å². The van der Waals surface area contributed by atoms with Crippen LogP contribution in [0, 0.1) is 13.8 Å². The van der Waals surface area contributed by atoms with Crippen LogP contribution in [-0.2, 0) is 6.42 Å². The van der Waals surface area contributed by atoms with E-state index >= 15 is 0 Å². The molecule has 0 spiro atoms. The van der Waals surface area contributed by atoms with E-state index in [2.05, 4.69) is 22.0 Å². The van der Waals surface area contributed by atoms with Crippen LogP contribution in [0.3, 0.4) is 0 Å². The van der Waals surface area contributed by atoms with Crippen LogP contribution in [0.15, 0.2) is 40.9 Å². The highest BCUT2D eigenvalue weighted by Crippen LogP contribution is 2.28. The van der Waals surface area contributed by atoms with Gasteiger partial charge < -0.3 is 9.84 Å². The summed E-state index contributed by atoms with van der Waals surface area (Å²) in [5.74, 6) is 0.802. The SMILES string of the molecule is COc1ccc(Br)c(CC(O)c2cc(C)cc(C)c2)c1. The molecule has 0 radical (unpaired) electrons. The normalized spacial score (nSPS) is 12.2. The van der Waals surface area contributed by atoms with Crippen LogP contribution in [0.5, 0.6) is 5.75 Å². The smallest absolute Gasteiger partial charge is 0.119 e. The molecule has 1 N–H and O–H groups in total. The first-order valence-electron chi connectivity index (χ1n) is 6.58. The Morgan fingerprint density at radius 2 is 1.75 bits per heavy atom. The van der Waals surface area contributed by atoms with Gasteiger partial charge in [0.05, 0.1) is 13.2 Å². The molecule has 0 saturated carbocycles. The highest BCUT2D eigenvalue weighted by molar-refractivity contribution is 9.10. The Bertz CT molecular complexity index is 588. The van der Waals surface area contributed by atoms with Gasteiger partial charge in [-0.15, -0.1) is 0 Å². The summed E-state index contributed by atoms with van der Waals surface area (Å²) in [6, 6.07) is 12.0. The fraction of sp³-hybridized carbons (Fsp3) is 0.294. The van der Waals surface area contributed by atoms with Gasteiger partial charge in [-0.2, -0.15) is 0 Å².